The standard InChI is InChI=1S/C22H17N/c23-21-11-5-10-18-20-13-15-7-2-1-6-14(15)12-19(20)16-8-3-4-9-17(16)22(18)21/h1-2,5-13H,3-4,23H2. The molecule has 0 radical (unpaired) electrons. The Kier molecular flexibility index (Phi) is 2.54. The molecule has 1 aliphatic carbocycles. The largest absolute Gasteiger partial charge is 0.398 e. The van der Waals surface area contributed by atoms with Crippen LogP contribution in [0.1, 0.15) is 12.8 Å². The van der Waals surface area contributed by atoms with Crippen LogP contribution in [0.5, 0.6) is 0 Å². The highest BCUT2D eigenvalue weighted by Crippen LogP contribution is 2.28. The van der Waals surface area contributed by atoms with Crippen molar-refractivity contribution in [3.8, 4) is 0 Å². The molecule has 0 amide bonds. The van der Waals surface area contributed by atoms with E-state index in [2.05, 4.69) is 60.7 Å². The topological polar surface area (TPSA) is 26.0 Å². The van der Waals surface area contributed by atoms with Gasteiger partial charge in [0.2, 0.25) is 0 Å². The number of benzene rings is 4. The van der Waals surface area contributed by atoms with Crippen molar-refractivity contribution in [1.82, 2.24) is 0 Å². The molecule has 0 spiro atoms. The minimum atomic E-state index is 0.875. The molecule has 1 aliphatic rings. The van der Waals surface area contributed by atoms with E-state index in [1.807, 2.05) is 6.07 Å². The van der Waals surface area contributed by atoms with E-state index in [1.165, 1.54) is 42.8 Å². The van der Waals surface area contributed by atoms with Crippen LogP contribution >= 0.6 is 0 Å². The minimum absolute atomic E-state index is 0.875. The van der Waals surface area contributed by atoms with E-state index in [0.717, 1.165) is 18.5 Å². The fourth-order valence-electron chi connectivity index (χ4n) is 3.95. The number of nitrogens with two attached hydrogens (primary N) is 1. The van der Waals surface area contributed by atoms with Gasteiger partial charge in [-0.15, -0.1) is 0 Å². The SMILES string of the molecule is Nc1cccc2c1c1c(c3cc4ccccc4cc32)=CCCC=1. The maximum atomic E-state index is 6.35. The van der Waals surface area contributed by atoms with Gasteiger partial charge in [-0.1, -0.05) is 48.6 Å². The van der Waals surface area contributed by atoms with Gasteiger partial charge >= 0.3 is 0 Å². The second-order valence-electron chi connectivity index (χ2n) is 6.33. The molecule has 0 heterocycles. The lowest BCUT2D eigenvalue weighted by molar-refractivity contribution is 1.13. The van der Waals surface area contributed by atoms with Gasteiger partial charge in [0.15, 0.2) is 0 Å². The van der Waals surface area contributed by atoms with E-state index in [0.29, 0.717) is 0 Å². The molecule has 0 saturated carbocycles. The van der Waals surface area contributed by atoms with Crippen molar-refractivity contribution >= 4 is 50.2 Å². The van der Waals surface area contributed by atoms with Crippen molar-refractivity contribution in [3.63, 3.8) is 0 Å². The summed E-state index contributed by atoms with van der Waals surface area (Å²) in [6.07, 6.45) is 6.92. The van der Waals surface area contributed by atoms with Crippen LogP contribution in [-0.4, -0.2) is 0 Å². The van der Waals surface area contributed by atoms with Gasteiger partial charge in [0.1, 0.15) is 0 Å². The second kappa shape index (κ2) is 4.60. The van der Waals surface area contributed by atoms with E-state index >= 15 is 0 Å². The smallest absolute Gasteiger partial charge is 0.0400 e. The molecule has 0 aliphatic heterocycles. The Balaban J connectivity index is 2.18. The molecule has 23 heavy (non-hydrogen) atoms. The molecule has 4 aromatic rings. The Bertz CT molecular complexity index is 1220. The van der Waals surface area contributed by atoms with E-state index < -0.39 is 0 Å². The van der Waals surface area contributed by atoms with E-state index in [9.17, 15) is 0 Å². The highest BCUT2D eigenvalue weighted by Gasteiger charge is 2.10. The average Bonchev–Trinajstić information content (AvgIpc) is 2.60. The molecule has 0 unspecified atom stereocenters. The van der Waals surface area contributed by atoms with Crippen molar-refractivity contribution in [2.24, 2.45) is 0 Å². The summed E-state index contributed by atoms with van der Waals surface area (Å²) in [7, 11) is 0. The fraction of sp³-hybridized carbons (Fsp3) is 0.0909. The molecule has 2 N–H and O–H groups in total. The summed E-state index contributed by atoms with van der Waals surface area (Å²) in [4.78, 5) is 0. The zero-order chi connectivity index (χ0) is 15.4. The molecule has 0 atom stereocenters. The molecule has 0 bridgehead atoms. The number of fused-ring (bicyclic) bond motifs is 7. The summed E-state index contributed by atoms with van der Waals surface area (Å²) in [6.45, 7) is 0. The molecule has 110 valence electrons. The lowest BCUT2D eigenvalue weighted by Crippen LogP contribution is -2.29. The van der Waals surface area contributed by atoms with Crippen LogP contribution in [0.25, 0.3) is 44.5 Å². The molecule has 0 saturated heterocycles. The first-order valence-corrected chi connectivity index (χ1v) is 8.16. The highest BCUT2D eigenvalue weighted by molar-refractivity contribution is 6.15. The molecule has 4 aromatic carbocycles. The Hall–Kier alpha value is -2.80. The highest BCUT2D eigenvalue weighted by atomic mass is 14.5. The third-order valence-corrected chi connectivity index (χ3v) is 4.99. The van der Waals surface area contributed by atoms with Gasteiger partial charge in [0.05, 0.1) is 0 Å². The summed E-state index contributed by atoms with van der Waals surface area (Å²) in [6, 6.07) is 19.5. The van der Waals surface area contributed by atoms with Gasteiger partial charge in [0, 0.05) is 11.1 Å². The van der Waals surface area contributed by atoms with Gasteiger partial charge in [-0.05, 0) is 68.4 Å². The van der Waals surface area contributed by atoms with Gasteiger partial charge in [-0.2, -0.15) is 0 Å². The van der Waals surface area contributed by atoms with Crippen molar-refractivity contribution < 1.29 is 0 Å². The monoisotopic (exact) mass is 295 g/mol. The molecular formula is C22H17N. The first-order valence-electron chi connectivity index (χ1n) is 8.16. The molecular weight excluding hydrogens is 278 g/mol. The van der Waals surface area contributed by atoms with Crippen LogP contribution < -0.4 is 16.2 Å². The van der Waals surface area contributed by atoms with Crippen LogP contribution in [0.2, 0.25) is 0 Å². The Morgan fingerprint density at radius 2 is 1.35 bits per heavy atom. The molecule has 0 fully saturated rings. The first-order chi connectivity index (χ1) is 11.3. The Labute approximate surface area is 134 Å². The quantitative estimate of drug-likeness (QED) is 0.295. The van der Waals surface area contributed by atoms with Crippen molar-refractivity contribution in [1.29, 1.82) is 0 Å². The van der Waals surface area contributed by atoms with Crippen LogP contribution in [-0.2, 0) is 0 Å². The van der Waals surface area contributed by atoms with Gasteiger partial charge < -0.3 is 5.73 Å². The van der Waals surface area contributed by atoms with Crippen LogP contribution in [0.3, 0.4) is 0 Å². The Morgan fingerprint density at radius 3 is 2.13 bits per heavy atom. The maximum Gasteiger partial charge on any atom is 0.0400 e. The van der Waals surface area contributed by atoms with Crippen LogP contribution in [0.4, 0.5) is 5.69 Å². The summed E-state index contributed by atoms with van der Waals surface area (Å²) < 4.78 is 0. The van der Waals surface area contributed by atoms with Crippen molar-refractivity contribution in [3.05, 3.63) is 65.0 Å². The maximum absolute atomic E-state index is 6.35. The number of hydrogen-bond acceptors (Lipinski definition) is 1. The summed E-state index contributed by atoms with van der Waals surface area (Å²) in [5, 5.41) is 10.4. The predicted molar refractivity (Wildman–Crippen MR) is 101 cm³/mol. The van der Waals surface area contributed by atoms with Gasteiger partial charge in [-0.25, -0.2) is 0 Å². The molecule has 0 aromatic heterocycles. The predicted octanol–water partition coefficient (Wildman–Crippen LogP) is 4.08. The third-order valence-electron chi connectivity index (χ3n) is 4.99. The zero-order valence-electron chi connectivity index (χ0n) is 12.8. The zero-order valence-corrected chi connectivity index (χ0v) is 12.8. The molecule has 1 heteroatoms. The number of rotatable bonds is 0. The fourth-order valence-corrected chi connectivity index (χ4v) is 3.95. The lowest BCUT2D eigenvalue weighted by Gasteiger charge is -2.13. The lowest BCUT2D eigenvalue weighted by atomic mass is 9.92. The van der Waals surface area contributed by atoms with Gasteiger partial charge in [0.25, 0.3) is 0 Å². The normalized spacial score (nSPS) is 13.7. The first kappa shape index (κ1) is 12.7. The number of nitrogen functional groups attached to an aromatic ring is 1. The average molecular weight is 295 g/mol. The minimum Gasteiger partial charge on any atom is -0.398 e. The Morgan fingerprint density at radius 1 is 0.652 bits per heavy atom. The summed E-state index contributed by atoms with van der Waals surface area (Å²) >= 11 is 0. The van der Waals surface area contributed by atoms with Crippen LogP contribution in [0.15, 0.2) is 54.6 Å². The molecule has 5 rings (SSSR count). The van der Waals surface area contributed by atoms with E-state index in [4.69, 9.17) is 5.73 Å². The summed E-state index contributed by atoms with van der Waals surface area (Å²) in [5.41, 5.74) is 7.23. The summed E-state index contributed by atoms with van der Waals surface area (Å²) in [5.74, 6) is 0. The number of hydrogen-bond donors (Lipinski definition) is 1. The number of anilines is 1. The van der Waals surface area contributed by atoms with Crippen LogP contribution in [0, 0.1) is 0 Å². The third kappa shape index (κ3) is 1.74. The van der Waals surface area contributed by atoms with Gasteiger partial charge in [-0.3, -0.25) is 0 Å². The second-order valence-corrected chi connectivity index (χ2v) is 6.33. The van der Waals surface area contributed by atoms with E-state index in [1.54, 1.807) is 0 Å². The van der Waals surface area contributed by atoms with Crippen molar-refractivity contribution in [2.45, 2.75) is 12.8 Å². The van der Waals surface area contributed by atoms with E-state index in [-0.39, 0.29) is 0 Å². The van der Waals surface area contributed by atoms with Crippen molar-refractivity contribution in [2.75, 3.05) is 5.73 Å². The molecule has 1 nitrogen and oxygen atoms in total.